The summed E-state index contributed by atoms with van der Waals surface area (Å²) in [6, 6.07) is 0.453. The van der Waals surface area contributed by atoms with E-state index in [1.807, 2.05) is 0 Å². The first-order chi connectivity index (χ1) is 7.27. The molecular weight excluding hydrogens is 188 g/mol. The Balaban J connectivity index is 2.39. The highest BCUT2D eigenvalue weighted by Gasteiger charge is 2.15. The lowest BCUT2D eigenvalue weighted by Crippen LogP contribution is -2.26. The predicted octanol–water partition coefficient (Wildman–Crippen LogP) is 2.82. The molecule has 0 spiro atoms. The molecule has 1 rings (SSSR count). The number of hydrogen-bond acceptors (Lipinski definition) is 3. The molecule has 0 saturated heterocycles. The van der Waals surface area contributed by atoms with Gasteiger partial charge in [-0.05, 0) is 19.3 Å². The van der Waals surface area contributed by atoms with Gasteiger partial charge in [0.05, 0.1) is 0 Å². The fourth-order valence-electron chi connectivity index (χ4n) is 1.88. The second-order valence-electron chi connectivity index (χ2n) is 4.08. The lowest BCUT2D eigenvalue weighted by Gasteiger charge is -2.23. The van der Waals surface area contributed by atoms with Crippen molar-refractivity contribution in [2.45, 2.75) is 52.5 Å². The molecule has 0 saturated carbocycles. The van der Waals surface area contributed by atoms with Gasteiger partial charge in [-0.2, -0.15) is 5.10 Å². The number of anilines is 1. The third-order valence-corrected chi connectivity index (χ3v) is 2.94. The number of aromatic amines is 1. The second kappa shape index (κ2) is 6.43. The molecule has 0 aliphatic carbocycles. The molecule has 86 valence electrons. The molecule has 1 aromatic rings. The van der Waals surface area contributed by atoms with Crippen LogP contribution in [0, 0.1) is 5.92 Å². The first kappa shape index (κ1) is 12.0. The summed E-state index contributed by atoms with van der Waals surface area (Å²) in [5.74, 6) is 1.49. The van der Waals surface area contributed by atoms with Crippen LogP contribution >= 0.6 is 0 Å². The van der Waals surface area contributed by atoms with Crippen molar-refractivity contribution in [3.63, 3.8) is 0 Å². The lowest BCUT2D eigenvalue weighted by atomic mass is 9.92. The molecule has 0 aliphatic rings. The molecule has 0 radical (unpaired) electrons. The smallest absolute Gasteiger partial charge is 0.218 e. The quantitative estimate of drug-likeness (QED) is 0.727. The Bertz CT molecular complexity index is 245. The summed E-state index contributed by atoms with van der Waals surface area (Å²) in [6.45, 7) is 6.70. The van der Waals surface area contributed by atoms with Crippen LogP contribution in [0.15, 0.2) is 6.33 Å². The first-order valence-corrected chi connectivity index (χ1v) is 5.89. The van der Waals surface area contributed by atoms with Gasteiger partial charge < -0.3 is 5.32 Å². The van der Waals surface area contributed by atoms with Crippen LogP contribution in [0.2, 0.25) is 0 Å². The third-order valence-electron chi connectivity index (χ3n) is 2.94. The van der Waals surface area contributed by atoms with Crippen LogP contribution in [-0.2, 0) is 0 Å². The van der Waals surface area contributed by atoms with Gasteiger partial charge in [0.2, 0.25) is 5.95 Å². The van der Waals surface area contributed by atoms with Crippen LogP contribution < -0.4 is 5.32 Å². The van der Waals surface area contributed by atoms with Crippen molar-refractivity contribution in [1.82, 2.24) is 15.2 Å². The summed E-state index contributed by atoms with van der Waals surface area (Å²) in [6.07, 6.45) is 6.60. The number of aromatic nitrogens is 3. The van der Waals surface area contributed by atoms with Crippen molar-refractivity contribution in [2.24, 2.45) is 5.92 Å². The maximum atomic E-state index is 4.08. The van der Waals surface area contributed by atoms with Gasteiger partial charge in [0.25, 0.3) is 0 Å². The third kappa shape index (κ3) is 3.90. The molecule has 2 unspecified atom stereocenters. The van der Waals surface area contributed by atoms with E-state index in [1.165, 1.54) is 32.0 Å². The molecule has 15 heavy (non-hydrogen) atoms. The Morgan fingerprint density at radius 3 is 2.80 bits per heavy atom. The maximum absolute atomic E-state index is 4.08. The molecule has 2 atom stereocenters. The normalized spacial score (nSPS) is 14.9. The van der Waals surface area contributed by atoms with Crippen molar-refractivity contribution < 1.29 is 0 Å². The van der Waals surface area contributed by atoms with Gasteiger partial charge in [0.1, 0.15) is 6.33 Å². The van der Waals surface area contributed by atoms with Crippen LogP contribution in [0.3, 0.4) is 0 Å². The SMILES string of the molecule is CCCCC(CC)C(C)Nc1ncn[nH]1. The highest BCUT2D eigenvalue weighted by molar-refractivity contribution is 5.22. The van der Waals surface area contributed by atoms with Gasteiger partial charge in [0.15, 0.2) is 0 Å². The van der Waals surface area contributed by atoms with Crippen LogP contribution in [0.4, 0.5) is 5.95 Å². The zero-order chi connectivity index (χ0) is 11.1. The molecule has 0 amide bonds. The van der Waals surface area contributed by atoms with Crippen molar-refractivity contribution in [2.75, 3.05) is 5.32 Å². The molecule has 0 fully saturated rings. The van der Waals surface area contributed by atoms with E-state index in [0.717, 1.165) is 11.9 Å². The van der Waals surface area contributed by atoms with Crippen molar-refractivity contribution in [1.29, 1.82) is 0 Å². The summed E-state index contributed by atoms with van der Waals surface area (Å²) in [7, 11) is 0. The molecule has 0 bridgehead atoms. The van der Waals surface area contributed by atoms with E-state index in [-0.39, 0.29) is 0 Å². The minimum atomic E-state index is 0.453. The zero-order valence-electron chi connectivity index (χ0n) is 9.95. The Kier molecular flexibility index (Phi) is 5.15. The minimum Gasteiger partial charge on any atom is -0.352 e. The number of hydrogen-bond donors (Lipinski definition) is 2. The summed E-state index contributed by atoms with van der Waals surface area (Å²) >= 11 is 0. The van der Waals surface area contributed by atoms with Gasteiger partial charge in [-0.25, -0.2) is 10.1 Å². The molecule has 2 N–H and O–H groups in total. The van der Waals surface area contributed by atoms with Crippen LogP contribution in [-0.4, -0.2) is 21.2 Å². The Morgan fingerprint density at radius 2 is 2.27 bits per heavy atom. The fraction of sp³-hybridized carbons (Fsp3) is 0.818. The van der Waals surface area contributed by atoms with Crippen molar-refractivity contribution in [3.05, 3.63) is 6.33 Å². The first-order valence-electron chi connectivity index (χ1n) is 5.89. The Morgan fingerprint density at radius 1 is 1.47 bits per heavy atom. The second-order valence-corrected chi connectivity index (χ2v) is 4.08. The maximum Gasteiger partial charge on any atom is 0.218 e. The average Bonchev–Trinajstić information content (AvgIpc) is 2.71. The van der Waals surface area contributed by atoms with E-state index in [1.54, 1.807) is 0 Å². The average molecular weight is 210 g/mol. The Labute approximate surface area is 91.9 Å². The Hall–Kier alpha value is -1.06. The summed E-state index contributed by atoms with van der Waals surface area (Å²) in [4.78, 5) is 4.08. The van der Waals surface area contributed by atoms with Gasteiger partial charge in [0, 0.05) is 6.04 Å². The number of nitrogens with one attached hydrogen (secondary N) is 2. The van der Waals surface area contributed by atoms with Gasteiger partial charge in [-0.3, -0.25) is 0 Å². The summed E-state index contributed by atoms with van der Waals surface area (Å²) in [5, 5.41) is 10.0. The highest BCUT2D eigenvalue weighted by Crippen LogP contribution is 2.18. The monoisotopic (exact) mass is 210 g/mol. The van der Waals surface area contributed by atoms with E-state index >= 15 is 0 Å². The molecule has 0 aliphatic heterocycles. The molecule has 4 heteroatoms. The molecular formula is C11H22N4. The van der Waals surface area contributed by atoms with Crippen LogP contribution in [0.5, 0.6) is 0 Å². The fourth-order valence-corrected chi connectivity index (χ4v) is 1.88. The largest absolute Gasteiger partial charge is 0.352 e. The van der Waals surface area contributed by atoms with Gasteiger partial charge >= 0.3 is 0 Å². The van der Waals surface area contributed by atoms with Gasteiger partial charge in [-0.15, -0.1) is 0 Å². The molecule has 1 heterocycles. The zero-order valence-corrected chi connectivity index (χ0v) is 9.95. The van der Waals surface area contributed by atoms with E-state index < -0.39 is 0 Å². The van der Waals surface area contributed by atoms with Crippen molar-refractivity contribution in [3.8, 4) is 0 Å². The topological polar surface area (TPSA) is 53.6 Å². The summed E-state index contributed by atoms with van der Waals surface area (Å²) in [5.41, 5.74) is 0. The highest BCUT2D eigenvalue weighted by atomic mass is 15.3. The molecule has 0 aromatic carbocycles. The minimum absolute atomic E-state index is 0.453. The predicted molar refractivity (Wildman–Crippen MR) is 62.8 cm³/mol. The van der Waals surface area contributed by atoms with Crippen LogP contribution in [0.1, 0.15) is 46.5 Å². The standard InChI is InChI=1S/C11H22N4/c1-4-6-7-10(5-2)9(3)14-11-12-8-13-15-11/h8-10H,4-7H2,1-3H3,(H2,12,13,14,15). The van der Waals surface area contributed by atoms with E-state index in [9.17, 15) is 0 Å². The molecule has 1 aromatic heterocycles. The number of nitrogens with zero attached hydrogens (tertiary/aromatic N) is 2. The van der Waals surface area contributed by atoms with Crippen LogP contribution in [0.25, 0.3) is 0 Å². The summed E-state index contributed by atoms with van der Waals surface area (Å²) < 4.78 is 0. The van der Waals surface area contributed by atoms with E-state index in [2.05, 4.69) is 41.3 Å². The lowest BCUT2D eigenvalue weighted by molar-refractivity contribution is 0.405. The van der Waals surface area contributed by atoms with E-state index in [4.69, 9.17) is 0 Å². The number of unbranched alkanes of at least 4 members (excludes halogenated alkanes) is 1. The number of rotatable bonds is 7. The van der Waals surface area contributed by atoms with Crippen molar-refractivity contribution >= 4 is 5.95 Å². The van der Waals surface area contributed by atoms with E-state index in [0.29, 0.717) is 6.04 Å². The van der Waals surface area contributed by atoms with Gasteiger partial charge in [-0.1, -0.05) is 33.1 Å². The molecule has 4 nitrogen and oxygen atoms in total. The number of H-pyrrole nitrogens is 1.